The van der Waals surface area contributed by atoms with Crippen molar-refractivity contribution >= 4 is 35.5 Å². The number of carboxylic acids is 1. The second-order valence-electron chi connectivity index (χ2n) is 8.76. The SMILES string of the molecule is CCC(C)C(NC(=O)C(CCC(N)=O)NC(=O)C(NC(=O)C(N)CCC(N)=O)C(C)CC)C(=O)O. The average Bonchev–Trinajstić information content (AvgIpc) is 2.79. The zero-order chi connectivity index (χ0) is 27.3. The number of hydrogen-bond acceptors (Lipinski definition) is 7. The first-order chi connectivity index (χ1) is 16.2. The summed E-state index contributed by atoms with van der Waals surface area (Å²) in [4.78, 5) is 72.3. The predicted molar refractivity (Wildman–Crippen MR) is 127 cm³/mol. The van der Waals surface area contributed by atoms with Crippen LogP contribution in [0.4, 0.5) is 0 Å². The second kappa shape index (κ2) is 15.6. The molecule has 0 aliphatic heterocycles. The summed E-state index contributed by atoms with van der Waals surface area (Å²) in [5, 5.41) is 16.9. The fourth-order valence-corrected chi connectivity index (χ4v) is 3.14. The quantitative estimate of drug-likeness (QED) is 0.123. The van der Waals surface area contributed by atoms with E-state index < -0.39 is 65.6 Å². The lowest BCUT2D eigenvalue weighted by molar-refractivity contribution is -0.144. The van der Waals surface area contributed by atoms with E-state index in [1.165, 1.54) is 0 Å². The lowest BCUT2D eigenvalue weighted by Crippen LogP contribution is -2.59. The molecule has 13 heteroatoms. The van der Waals surface area contributed by atoms with Crippen LogP contribution in [0, 0.1) is 11.8 Å². The number of rotatable bonds is 17. The summed E-state index contributed by atoms with van der Waals surface area (Å²) in [7, 11) is 0. The van der Waals surface area contributed by atoms with E-state index in [0.717, 1.165) is 0 Å². The normalized spacial score (nSPS) is 16.0. The van der Waals surface area contributed by atoms with Crippen molar-refractivity contribution in [3.05, 3.63) is 0 Å². The van der Waals surface area contributed by atoms with Crippen molar-refractivity contribution in [2.24, 2.45) is 29.0 Å². The molecule has 0 aliphatic rings. The Morgan fingerprint density at radius 1 is 0.714 bits per heavy atom. The first-order valence-corrected chi connectivity index (χ1v) is 11.7. The molecule has 0 rings (SSSR count). The summed E-state index contributed by atoms with van der Waals surface area (Å²) in [5.41, 5.74) is 16.1. The molecule has 5 amide bonds. The molecule has 0 aromatic heterocycles. The maximum Gasteiger partial charge on any atom is 0.326 e. The molecule has 0 radical (unpaired) electrons. The van der Waals surface area contributed by atoms with Gasteiger partial charge in [0.05, 0.1) is 6.04 Å². The van der Waals surface area contributed by atoms with Gasteiger partial charge in [-0.05, 0) is 24.7 Å². The van der Waals surface area contributed by atoms with Crippen LogP contribution in [0.1, 0.15) is 66.2 Å². The summed E-state index contributed by atoms with van der Waals surface area (Å²) >= 11 is 0. The largest absolute Gasteiger partial charge is 0.480 e. The molecule has 0 heterocycles. The molecule has 200 valence electrons. The number of carboxylic acid groups (broad SMARTS) is 1. The summed E-state index contributed by atoms with van der Waals surface area (Å²) in [5.74, 6) is -5.50. The molecule has 6 atom stereocenters. The number of amides is 5. The van der Waals surface area contributed by atoms with E-state index in [4.69, 9.17) is 17.2 Å². The number of hydrogen-bond donors (Lipinski definition) is 7. The highest BCUT2D eigenvalue weighted by Gasteiger charge is 2.33. The van der Waals surface area contributed by atoms with E-state index in [1.807, 2.05) is 0 Å². The van der Waals surface area contributed by atoms with Crippen molar-refractivity contribution in [3.8, 4) is 0 Å². The molecule has 0 bridgehead atoms. The molecule has 0 saturated carbocycles. The number of carbonyl (C=O) groups is 6. The highest BCUT2D eigenvalue weighted by Crippen LogP contribution is 2.12. The number of carbonyl (C=O) groups excluding carboxylic acids is 5. The van der Waals surface area contributed by atoms with E-state index in [1.54, 1.807) is 27.7 Å². The third kappa shape index (κ3) is 11.7. The monoisotopic (exact) mass is 500 g/mol. The number of aliphatic carboxylic acids is 1. The van der Waals surface area contributed by atoms with Crippen molar-refractivity contribution in [1.29, 1.82) is 0 Å². The van der Waals surface area contributed by atoms with Gasteiger partial charge in [-0.1, -0.05) is 40.5 Å². The third-order valence-electron chi connectivity index (χ3n) is 5.92. The first kappa shape index (κ1) is 31.8. The Morgan fingerprint density at radius 3 is 1.63 bits per heavy atom. The molecule has 13 nitrogen and oxygen atoms in total. The maximum atomic E-state index is 13.1. The van der Waals surface area contributed by atoms with Gasteiger partial charge in [0.25, 0.3) is 0 Å². The Morgan fingerprint density at radius 2 is 1.17 bits per heavy atom. The number of nitrogens with one attached hydrogen (secondary N) is 3. The molecule has 0 spiro atoms. The molecule has 6 unspecified atom stereocenters. The topological polar surface area (TPSA) is 237 Å². The van der Waals surface area contributed by atoms with Crippen molar-refractivity contribution in [3.63, 3.8) is 0 Å². The van der Waals surface area contributed by atoms with Crippen molar-refractivity contribution in [1.82, 2.24) is 16.0 Å². The van der Waals surface area contributed by atoms with Gasteiger partial charge in [0.2, 0.25) is 29.5 Å². The molecule has 10 N–H and O–H groups in total. The van der Waals surface area contributed by atoms with E-state index in [2.05, 4.69) is 16.0 Å². The summed E-state index contributed by atoms with van der Waals surface area (Å²) in [6.07, 6.45) is 0.448. The van der Waals surface area contributed by atoms with Crippen LogP contribution in [0.3, 0.4) is 0 Å². The van der Waals surface area contributed by atoms with Gasteiger partial charge in [0.15, 0.2) is 0 Å². The summed E-state index contributed by atoms with van der Waals surface area (Å²) in [6.45, 7) is 6.94. The zero-order valence-corrected chi connectivity index (χ0v) is 20.8. The van der Waals surface area contributed by atoms with Crippen LogP contribution in [-0.2, 0) is 28.8 Å². The number of nitrogens with two attached hydrogens (primary N) is 3. The van der Waals surface area contributed by atoms with Gasteiger partial charge in [0.1, 0.15) is 18.1 Å². The van der Waals surface area contributed by atoms with Gasteiger partial charge in [0, 0.05) is 12.8 Å². The summed E-state index contributed by atoms with van der Waals surface area (Å²) < 4.78 is 0. The lowest BCUT2D eigenvalue weighted by Gasteiger charge is -2.28. The van der Waals surface area contributed by atoms with Crippen LogP contribution >= 0.6 is 0 Å². The van der Waals surface area contributed by atoms with Crippen LogP contribution in [0.5, 0.6) is 0 Å². The van der Waals surface area contributed by atoms with E-state index in [9.17, 15) is 33.9 Å². The Labute approximate surface area is 205 Å². The van der Waals surface area contributed by atoms with Crippen LogP contribution in [-0.4, -0.2) is 64.8 Å². The molecule has 0 saturated heterocycles. The Balaban J connectivity index is 5.64. The fourth-order valence-electron chi connectivity index (χ4n) is 3.14. The van der Waals surface area contributed by atoms with Crippen LogP contribution in [0.2, 0.25) is 0 Å². The number of primary amides is 2. The molecule has 35 heavy (non-hydrogen) atoms. The standard InChI is InChI=1S/C22H40N6O7/c1-5-11(3)17(27-19(31)13(23)7-9-15(24)29)21(33)26-14(8-10-16(25)30)20(32)28-18(22(34)35)12(4)6-2/h11-14,17-18H,5-10,23H2,1-4H3,(H2,24,29)(H2,25,30)(H,26,33)(H,27,31)(H,28,32)(H,34,35). The van der Waals surface area contributed by atoms with E-state index in [-0.39, 0.29) is 31.6 Å². The lowest BCUT2D eigenvalue weighted by atomic mass is 9.96. The van der Waals surface area contributed by atoms with Crippen LogP contribution in [0.15, 0.2) is 0 Å². The van der Waals surface area contributed by atoms with Crippen molar-refractivity contribution in [2.75, 3.05) is 0 Å². The highest BCUT2D eigenvalue weighted by molar-refractivity contribution is 5.94. The van der Waals surface area contributed by atoms with Crippen LogP contribution < -0.4 is 33.2 Å². The van der Waals surface area contributed by atoms with Gasteiger partial charge < -0.3 is 38.3 Å². The van der Waals surface area contributed by atoms with Gasteiger partial charge in [-0.25, -0.2) is 4.79 Å². The second-order valence-corrected chi connectivity index (χ2v) is 8.76. The molecular formula is C22H40N6O7. The van der Waals surface area contributed by atoms with Gasteiger partial charge >= 0.3 is 5.97 Å². The smallest absolute Gasteiger partial charge is 0.326 e. The minimum atomic E-state index is -1.27. The van der Waals surface area contributed by atoms with Gasteiger partial charge in [-0.3, -0.25) is 24.0 Å². The average molecular weight is 501 g/mol. The van der Waals surface area contributed by atoms with Crippen LogP contribution in [0.25, 0.3) is 0 Å². The molecule has 0 aromatic carbocycles. The van der Waals surface area contributed by atoms with E-state index >= 15 is 0 Å². The first-order valence-electron chi connectivity index (χ1n) is 11.7. The minimum Gasteiger partial charge on any atom is -0.480 e. The van der Waals surface area contributed by atoms with Gasteiger partial charge in [-0.2, -0.15) is 0 Å². The summed E-state index contributed by atoms with van der Waals surface area (Å²) in [6, 6.07) is -4.63. The predicted octanol–water partition coefficient (Wildman–Crippen LogP) is -1.52. The molecule has 0 fully saturated rings. The molecule has 0 aliphatic carbocycles. The van der Waals surface area contributed by atoms with E-state index in [0.29, 0.717) is 12.8 Å². The minimum absolute atomic E-state index is 0.00809. The zero-order valence-electron chi connectivity index (χ0n) is 20.8. The fraction of sp³-hybridized carbons (Fsp3) is 0.727. The third-order valence-corrected chi connectivity index (χ3v) is 5.92. The Bertz CT molecular complexity index is 775. The van der Waals surface area contributed by atoms with Gasteiger partial charge in [-0.15, -0.1) is 0 Å². The van der Waals surface area contributed by atoms with Crippen molar-refractivity contribution < 1.29 is 33.9 Å². The Kier molecular flexibility index (Phi) is 14.2. The highest BCUT2D eigenvalue weighted by atomic mass is 16.4. The van der Waals surface area contributed by atoms with Crippen molar-refractivity contribution in [2.45, 2.75) is 90.4 Å². The molecular weight excluding hydrogens is 460 g/mol. The Hall–Kier alpha value is -3.22. The molecule has 0 aromatic rings. The maximum absolute atomic E-state index is 13.1.